The van der Waals surface area contributed by atoms with Crippen molar-refractivity contribution in [3.05, 3.63) is 42.0 Å². The second-order valence-corrected chi connectivity index (χ2v) is 3.55. The highest BCUT2D eigenvalue weighted by Crippen LogP contribution is 2.00. The highest BCUT2D eigenvalue weighted by molar-refractivity contribution is 5.09. The molecule has 0 aromatic carbocycles. The summed E-state index contributed by atoms with van der Waals surface area (Å²) < 4.78 is 1.80. The summed E-state index contributed by atoms with van der Waals surface area (Å²) in [5.41, 5.74) is 2.06. The third kappa shape index (κ3) is 2.87. The highest BCUT2D eigenvalue weighted by atomic mass is 16.3. The Balaban J connectivity index is 1.89. The Morgan fingerprint density at radius 1 is 1.19 bits per heavy atom. The number of hydrogen-bond donors (Lipinski definition) is 1. The average Bonchev–Trinajstić information content (AvgIpc) is 2.76. The van der Waals surface area contributed by atoms with Crippen molar-refractivity contribution < 1.29 is 5.11 Å². The van der Waals surface area contributed by atoms with Gasteiger partial charge in [-0.3, -0.25) is 9.67 Å². The molecule has 0 saturated heterocycles. The van der Waals surface area contributed by atoms with Crippen molar-refractivity contribution in [2.75, 3.05) is 6.61 Å². The van der Waals surface area contributed by atoms with Crippen LogP contribution in [0, 0.1) is 0 Å². The smallest absolute Gasteiger partial charge is 0.0849 e. The molecule has 0 aliphatic heterocycles. The molecule has 2 rings (SSSR count). The van der Waals surface area contributed by atoms with Crippen LogP contribution in [-0.2, 0) is 19.4 Å². The van der Waals surface area contributed by atoms with Gasteiger partial charge < -0.3 is 5.11 Å². The molecule has 0 aliphatic rings. The van der Waals surface area contributed by atoms with Crippen molar-refractivity contribution in [2.24, 2.45) is 0 Å². The van der Waals surface area contributed by atoms with Gasteiger partial charge in [0, 0.05) is 38.2 Å². The van der Waals surface area contributed by atoms with Crippen LogP contribution >= 0.6 is 0 Å². The monoisotopic (exact) mass is 218 g/mol. The first-order chi connectivity index (χ1) is 7.88. The maximum Gasteiger partial charge on any atom is 0.0849 e. The third-order valence-electron chi connectivity index (χ3n) is 2.33. The molecule has 84 valence electrons. The van der Waals surface area contributed by atoms with E-state index < -0.39 is 0 Å². The fourth-order valence-electron chi connectivity index (χ4n) is 1.47. The molecule has 0 radical (unpaired) electrons. The predicted octanol–water partition coefficient (Wildman–Crippen LogP) is 0.451. The Labute approximate surface area is 93.8 Å². The molecule has 5 nitrogen and oxygen atoms in total. The number of hydrogen-bond acceptors (Lipinski definition) is 4. The Hall–Kier alpha value is -1.75. The van der Waals surface area contributed by atoms with E-state index >= 15 is 0 Å². The summed E-state index contributed by atoms with van der Waals surface area (Å²) >= 11 is 0. The zero-order valence-corrected chi connectivity index (χ0v) is 8.95. The molecule has 2 aromatic heterocycles. The molecule has 2 aromatic rings. The lowest BCUT2D eigenvalue weighted by Gasteiger charge is -1.99. The molecule has 0 aliphatic carbocycles. The highest BCUT2D eigenvalue weighted by Gasteiger charge is 2.00. The third-order valence-corrected chi connectivity index (χ3v) is 2.33. The Bertz CT molecular complexity index is 427. The van der Waals surface area contributed by atoms with Gasteiger partial charge in [0.2, 0.25) is 0 Å². The average molecular weight is 218 g/mol. The molecule has 0 saturated carbocycles. The van der Waals surface area contributed by atoms with Crippen LogP contribution in [0.1, 0.15) is 11.3 Å². The quantitative estimate of drug-likeness (QED) is 0.791. The summed E-state index contributed by atoms with van der Waals surface area (Å²) in [4.78, 5) is 3.97. The topological polar surface area (TPSA) is 63.8 Å². The summed E-state index contributed by atoms with van der Waals surface area (Å²) in [6.45, 7) is 0.908. The van der Waals surface area contributed by atoms with Crippen molar-refractivity contribution in [2.45, 2.75) is 19.4 Å². The first kappa shape index (κ1) is 10.8. The van der Waals surface area contributed by atoms with Crippen LogP contribution < -0.4 is 0 Å². The molecule has 2 heterocycles. The van der Waals surface area contributed by atoms with Crippen LogP contribution in [0.4, 0.5) is 0 Å². The van der Waals surface area contributed by atoms with Gasteiger partial charge in [0.25, 0.3) is 0 Å². The van der Waals surface area contributed by atoms with E-state index in [-0.39, 0.29) is 6.61 Å². The van der Waals surface area contributed by atoms with Crippen molar-refractivity contribution >= 4 is 0 Å². The summed E-state index contributed by atoms with van der Waals surface area (Å²) in [5.74, 6) is 0. The lowest BCUT2D eigenvalue weighted by atomic mass is 10.2. The molecular formula is C11H14N4O. The van der Waals surface area contributed by atoms with Gasteiger partial charge >= 0.3 is 0 Å². The maximum atomic E-state index is 8.75. The predicted molar refractivity (Wildman–Crippen MR) is 58.8 cm³/mol. The van der Waals surface area contributed by atoms with E-state index in [9.17, 15) is 0 Å². The number of aromatic nitrogens is 4. The summed E-state index contributed by atoms with van der Waals surface area (Å²) in [6.07, 6.45) is 6.92. The van der Waals surface area contributed by atoms with Gasteiger partial charge in [-0.25, -0.2) is 0 Å². The molecule has 0 unspecified atom stereocenters. The summed E-state index contributed by atoms with van der Waals surface area (Å²) in [5, 5.41) is 16.7. The minimum Gasteiger partial charge on any atom is -0.396 e. The van der Waals surface area contributed by atoms with Crippen molar-refractivity contribution in [1.29, 1.82) is 0 Å². The number of rotatable bonds is 5. The van der Waals surface area contributed by atoms with Gasteiger partial charge in [-0.15, -0.1) is 5.10 Å². The largest absolute Gasteiger partial charge is 0.396 e. The van der Waals surface area contributed by atoms with Crippen LogP contribution in [0.3, 0.4) is 0 Å². The molecule has 5 heteroatoms. The Morgan fingerprint density at radius 3 is 2.75 bits per heavy atom. The van der Waals surface area contributed by atoms with E-state index in [0.717, 1.165) is 18.7 Å². The van der Waals surface area contributed by atoms with Crippen LogP contribution in [-0.4, -0.2) is 31.7 Å². The number of aliphatic hydroxyl groups is 1. The normalized spacial score (nSPS) is 10.6. The number of pyridine rings is 1. The fraction of sp³-hybridized carbons (Fsp3) is 0.364. The maximum absolute atomic E-state index is 8.75. The molecule has 0 spiro atoms. The van der Waals surface area contributed by atoms with Gasteiger partial charge in [0.1, 0.15) is 0 Å². The fourth-order valence-corrected chi connectivity index (χ4v) is 1.47. The second-order valence-electron chi connectivity index (χ2n) is 3.55. The Morgan fingerprint density at radius 2 is 2.00 bits per heavy atom. The number of nitrogens with zero attached hydrogens (tertiary/aromatic N) is 4. The lowest BCUT2D eigenvalue weighted by molar-refractivity contribution is 0.298. The molecule has 0 bridgehead atoms. The van der Waals surface area contributed by atoms with E-state index in [0.29, 0.717) is 6.42 Å². The lowest BCUT2D eigenvalue weighted by Crippen LogP contribution is -2.02. The zero-order valence-electron chi connectivity index (χ0n) is 8.95. The SMILES string of the molecule is OCCc1cn(CCc2ccncc2)nn1. The van der Waals surface area contributed by atoms with Crippen LogP contribution in [0.25, 0.3) is 0 Å². The minimum absolute atomic E-state index is 0.114. The molecular weight excluding hydrogens is 204 g/mol. The van der Waals surface area contributed by atoms with Gasteiger partial charge in [0.15, 0.2) is 0 Å². The summed E-state index contributed by atoms with van der Waals surface area (Å²) in [6, 6.07) is 3.98. The Kier molecular flexibility index (Phi) is 3.61. The van der Waals surface area contributed by atoms with Crippen LogP contribution in [0.5, 0.6) is 0 Å². The van der Waals surface area contributed by atoms with Gasteiger partial charge in [-0.05, 0) is 24.1 Å². The van der Waals surface area contributed by atoms with Crippen molar-refractivity contribution in [3.8, 4) is 0 Å². The summed E-state index contributed by atoms with van der Waals surface area (Å²) in [7, 11) is 0. The van der Waals surface area contributed by atoms with Gasteiger partial charge in [-0.1, -0.05) is 5.21 Å². The first-order valence-corrected chi connectivity index (χ1v) is 5.27. The van der Waals surface area contributed by atoms with E-state index in [1.54, 1.807) is 17.1 Å². The van der Waals surface area contributed by atoms with Crippen LogP contribution in [0.15, 0.2) is 30.7 Å². The van der Waals surface area contributed by atoms with Gasteiger partial charge in [0.05, 0.1) is 5.69 Å². The van der Waals surface area contributed by atoms with Crippen molar-refractivity contribution in [3.63, 3.8) is 0 Å². The van der Waals surface area contributed by atoms with Gasteiger partial charge in [-0.2, -0.15) is 0 Å². The minimum atomic E-state index is 0.114. The number of aryl methyl sites for hydroxylation is 2. The number of aliphatic hydroxyl groups excluding tert-OH is 1. The van der Waals surface area contributed by atoms with Crippen LogP contribution in [0.2, 0.25) is 0 Å². The molecule has 0 amide bonds. The van der Waals surface area contributed by atoms with E-state index in [4.69, 9.17) is 5.11 Å². The first-order valence-electron chi connectivity index (χ1n) is 5.27. The molecule has 0 atom stereocenters. The zero-order chi connectivity index (χ0) is 11.2. The van der Waals surface area contributed by atoms with E-state index in [2.05, 4.69) is 15.3 Å². The van der Waals surface area contributed by atoms with E-state index in [1.807, 2.05) is 18.3 Å². The molecule has 1 N–H and O–H groups in total. The molecule has 16 heavy (non-hydrogen) atoms. The van der Waals surface area contributed by atoms with E-state index in [1.165, 1.54) is 5.56 Å². The molecule has 0 fully saturated rings. The van der Waals surface area contributed by atoms with Crippen molar-refractivity contribution in [1.82, 2.24) is 20.0 Å². The second kappa shape index (κ2) is 5.37. The standard InChI is InChI=1S/C11H14N4O/c16-8-4-11-9-15(14-13-11)7-3-10-1-5-12-6-2-10/h1-2,5-6,9,16H,3-4,7-8H2.